The number of hydrogen-bond acceptors (Lipinski definition) is 1. The SMILES string of the molecule is CCCCC(Cl)=C=O. The van der Waals surface area contributed by atoms with E-state index in [0.29, 0.717) is 11.5 Å². The average Bonchev–Trinajstić information content (AvgIpc) is 1.83. The van der Waals surface area contributed by atoms with Gasteiger partial charge in [0, 0.05) is 0 Å². The first-order valence-electron chi connectivity index (χ1n) is 2.70. The van der Waals surface area contributed by atoms with Crippen LogP contribution in [0.3, 0.4) is 0 Å². The van der Waals surface area contributed by atoms with Gasteiger partial charge < -0.3 is 0 Å². The van der Waals surface area contributed by atoms with Crippen LogP contribution < -0.4 is 0 Å². The normalized spacial score (nSPS) is 8.25. The summed E-state index contributed by atoms with van der Waals surface area (Å²) in [6, 6.07) is 0. The molecule has 0 aromatic carbocycles. The van der Waals surface area contributed by atoms with Crippen LogP contribution in [0.1, 0.15) is 26.2 Å². The summed E-state index contributed by atoms with van der Waals surface area (Å²) < 4.78 is 0. The van der Waals surface area contributed by atoms with E-state index in [0.717, 1.165) is 12.8 Å². The Morgan fingerprint density at radius 3 is 2.75 bits per heavy atom. The van der Waals surface area contributed by atoms with Gasteiger partial charge in [0.2, 0.25) is 0 Å². The molecular formula is C6H9ClO. The van der Waals surface area contributed by atoms with Crippen LogP contribution in [0.15, 0.2) is 5.03 Å². The van der Waals surface area contributed by atoms with E-state index in [-0.39, 0.29) is 0 Å². The van der Waals surface area contributed by atoms with Crippen LogP contribution in [-0.2, 0) is 4.79 Å². The number of hydrogen-bond donors (Lipinski definition) is 0. The molecule has 0 fully saturated rings. The van der Waals surface area contributed by atoms with Crippen LogP contribution in [0.4, 0.5) is 0 Å². The fourth-order valence-electron chi connectivity index (χ4n) is 0.383. The zero-order valence-electron chi connectivity index (χ0n) is 4.91. The summed E-state index contributed by atoms with van der Waals surface area (Å²) in [5.41, 5.74) is 0. The highest BCUT2D eigenvalue weighted by molar-refractivity contribution is 6.33. The molecule has 0 amide bonds. The molecule has 1 nitrogen and oxygen atoms in total. The van der Waals surface area contributed by atoms with E-state index in [1.54, 1.807) is 5.94 Å². The van der Waals surface area contributed by atoms with E-state index >= 15 is 0 Å². The van der Waals surface area contributed by atoms with Crippen molar-refractivity contribution in [2.24, 2.45) is 0 Å². The Morgan fingerprint density at radius 1 is 1.75 bits per heavy atom. The molecule has 0 aliphatic heterocycles. The third-order valence-corrected chi connectivity index (χ3v) is 1.13. The van der Waals surface area contributed by atoms with Gasteiger partial charge in [0.15, 0.2) is 0 Å². The molecule has 0 aliphatic rings. The number of rotatable bonds is 3. The molecule has 0 aromatic rings. The Morgan fingerprint density at radius 2 is 2.38 bits per heavy atom. The summed E-state index contributed by atoms with van der Waals surface area (Å²) in [6.45, 7) is 2.05. The summed E-state index contributed by atoms with van der Waals surface area (Å²) >= 11 is 5.34. The second kappa shape index (κ2) is 4.89. The van der Waals surface area contributed by atoms with Gasteiger partial charge in [-0.25, -0.2) is 4.79 Å². The van der Waals surface area contributed by atoms with Gasteiger partial charge in [0.05, 0.1) is 0 Å². The maximum absolute atomic E-state index is 9.72. The van der Waals surface area contributed by atoms with Gasteiger partial charge in [-0.15, -0.1) is 0 Å². The van der Waals surface area contributed by atoms with Crippen LogP contribution in [0.25, 0.3) is 0 Å². The molecule has 0 rings (SSSR count). The Balaban J connectivity index is 3.26. The smallest absolute Gasteiger partial charge is 0.140 e. The number of halogens is 1. The van der Waals surface area contributed by atoms with E-state index in [1.807, 2.05) is 0 Å². The molecule has 0 N–H and O–H groups in total. The molecule has 0 aromatic heterocycles. The first-order valence-corrected chi connectivity index (χ1v) is 3.08. The minimum Gasteiger partial charge on any atom is -0.232 e. The van der Waals surface area contributed by atoms with Crippen molar-refractivity contribution in [2.75, 3.05) is 0 Å². The van der Waals surface area contributed by atoms with E-state index in [2.05, 4.69) is 6.92 Å². The molecule has 0 heterocycles. The summed E-state index contributed by atoms with van der Waals surface area (Å²) in [6.07, 6.45) is 2.73. The van der Waals surface area contributed by atoms with Gasteiger partial charge in [0.25, 0.3) is 0 Å². The van der Waals surface area contributed by atoms with Gasteiger partial charge in [0.1, 0.15) is 11.0 Å². The number of allylic oxidation sites excluding steroid dienone is 1. The molecule has 0 bridgehead atoms. The summed E-state index contributed by atoms with van der Waals surface area (Å²) in [7, 11) is 0. The molecule has 0 saturated heterocycles. The molecule has 0 atom stereocenters. The number of carbonyl (C=O) groups excluding carboxylic acids is 1. The molecule has 0 unspecified atom stereocenters. The lowest BCUT2D eigenvalue weighted by Crippen LogP contribution is -1.72. The van der Waals surface area contributed by atoms with Gasteiger partial charge in [-0.2, -0.15) is 0 Å². The van der Waals surface area contributed by atoms with Crippen molar-refractivity contribution < 1.29 is 4.79 Å². The van der Waals surface area contributed by atoms with Crippen LogP contribution in [-0.4, -0.2) is 5.94 Å². The van der Waals surface area contributed by atoms with Crippen molar-refractivity contribution >= 4 is 17.5 Å². The first-order chi connectivity index (χ1) is 3.81. The van der Waals surface area contributed by atoms with Crippen LogP contribution in [0, 0.1) is 0 Å². The topological polar surface area (TPSA) is 17.1 Å². The molecule has 0 aliphatic carbocycles. The Hall–Kier alpha value is -0.260. The number of unbranched alkanes of at least 4 members (excludes halogenated alkanes) is 1. The van der Waals surface area contributed by atoms with Crippen molar-refractivity contribution in [2.45, 2.75) is 26.2 Å². The minimum absolute atomic E-state index is 0.312. The second-order valence-corrected chi connectivity index (χ2v) is 2.07. The van der Waals surface area contributed by atoms with Crippen molar-refractivity contribution in [1.82, 2.24) is 0 Å². The highest BCUT2D eigenvalue weighted by atomic mass is 35.5. The minimum atomic E-state index is 0.312. The lowest BCUT2D eigenvalue weighted by Gasteiger charge is -1.87. The molecule has 0 spiro atoms. The first kappa shape index (κ1) is 7.74. The van der Waals surface area contributed by atoms with Crippen molar-refractivity contribution in [3.05, 3.63) is 5.03 Å². The monoisotopic (exact) mass is 132 g/mol. The summed E-state index contributed by atoms with van der Waals surface area (Å²) in [5, 5.41) is 0.312. The lowest BCUT2D eigenvalue weighted by atomic mass is 10.2. The third kappa shape index (κ3) is 3.91. The van der Waals surface area contributed by atoms with Crippen molar-refractivity contribution in [1.29, 1.82) is 0 Å². The molecular weight excluding hydrogens is 124 g/mol. The van der Waals surface area contributed by atoms with Gasteiger partial charge in [-0.05, 0) is 12.8 Å². The van der Waals surface area contributed by atoms with E-state index in [1.165, 1.54) is 0 Å². The molecule has 8 heavy (non-hydrogen) atoms. The fraction of sp³-hybridized carbons (Fsp3) is 0.667. The summed E-state index contributed by atoms with van der Waals surface area (Å²) in [5.74, 6) is 1.63. The average molecular weight is 133 g/mol. The van der Waals surface area contributed by atoms with E-state index < -0.39 is 0 Å². The zero-order valence-corrected chi connectivity index (χ0v) is 5.66. The zero-order chi connectivity index (χ0) is 6.41. The molecule has 2 heteroatoms. The third-order valence-electron chi connectivity index (χ3n) is 0.861. The van der Waals surface area contributed by atoms with Gasteiger partial charge >= 0.3 is 0 Å². The predicted molar refractivity (Wildman–Crippen MR) is 34.6 cm³/mol. The Labute approximate surface area is 54.3 Å². The predicted octanol–water partition coefficient (Wildman–Crippen LogP) is 2.13. The van der Waals surface area contributed by atoms with Crippen LogP contribution >= 0.6 is 11.6 Å². The highest BCUT2D eigenvalue weighted by Crippen LogP contribution is 2.06. The quantitative estimate of drug-likeness (QED) is 0.538. The van der Waals surface area contributed by atoms with Gasteiger partial charge in [-0.3, -0.25) is 0 Å². The summed E-state index contributed by atoms with van der Waals surface area (Å²) in [4.78, 5) is 9.72. The molecule has 0 saturated carbocycles. The highest BCUT2D eigenvalue weighted by Gasteiger charge is 1.88. The van der Waals surface area contributed by atoms with Crippen LogP contribution in [0.5, 0.6) is 0 Å². The second-order valence-electron chi connectivity index (χ2n) is 1.61. The Bertz CT molecular complexity index is 103. The lowest BCUT2D eigenvalue weighted by molar-refractivity contribution is 0.567. The van der Waals surface area contributed by atoms with E-state index in [9.17, 15) is 4.79 Å². The van der Waals surface area contributed by atoms with Crippen LogP contribution in [0.2, 0.25) is 0 Å². The molecule has 0 radical (unpaired) electrons. The Kier molecular flexibility index (Phi) is 4.73. The largest absolute Gasteiger partial charge is 0.232 e. The van der Waals surface area contributed by atoms with Gasteiger partial charge in [-0.1, -0.05) is 24.9 Å². The maximum atomic E-state index is 9.72. The molecule has 46 valence electrons. The van der Waals surface area contributed by atoms with Crippen molar-refractivity contribution in [3.8, 4) is 0 Å². The van der Waals surface area contributed by atoms with E-state index in [4.69, 9.17) is 11.6 Å². The maximum Gasteiger partial charge on any atom is 0.140 e. The van der Waals surface area contributed by atoms with Crippen molar-refractivity contribution in [3.63, 3.8) is 0 Å². The fourth-order valence-corrected chi connectivity index (χ4v) is 0.517. The standard InChI is InChI=1S/C6H9ClO/c1-2-3-4-6(7)5-8/h2-4H2,1H3.